The summed E-state index contributed by atoms with van der Waals surface area (Å²) < 4.78 is 65.7. The Morgan fingerprint density at radius 2 is 1.88 bits per heavy atom. The van der Waals surface area contributed by atoms with Crippen LogP contribution in [-0.4, -0.2) is 42.4 Å². The summed E-state index contributed by atoms with van der Waals surface area (Å²) in [7, 11) is 0. The highest BCUT2D eigenvalue weighted by atomic mass is 19.4. The van der Waals surface area contributed by atoms with Crippen molar-refractivity contribution in [3.8, 4) is 0 Å². The summed E-state index contributed by atoms with van der Waals surface area (Å²) in [6.45, 7) is 2.95. The molecular formula is C9H14F5NO. The zero-order chi connectivity index (χ0) is 12.6. The van der Waals surface area contributed by atoms with Gasteiger partial charge in [0.25, 0.3) is 5.92 Å². The van der Waals surface area contributed by atoms with E-state index in [1.54, 1.807) is 13.8 Å². The van der Waals surface area contributed by atoms with Gasteiger partial charge in [0.2, 0.25) is 0 Å². The average Bonchev–Trinajstić information content (AvgIpc) is 2.05. The summed E-state index contributed by atoms with van der Waals surface area (Å²) in [5.41, 5.74) is 0. The summed E-state index contributed by atoms with van der Waals surface area (Å²) in [6.07, 6.45) is -7.39. The van der Waals surface area contributed by atoms with Crippen LogP contribution in [-0.2, 0) is 4.74 Å². The van der Waals surface area contributed by atoms with Gasteiger partial charge in [0.15, 0.2) is 0 Å². The van der Waals surface area contributed by atoms with E-state index in [0.717, 1.165) is 0 Å². The molecule has 0 aromatic carbocycles. The number of alkyl halides is 5. The van der Waals surface area contributed by atoms with Gasteiger partial charge in [-0.25, -0.2) is 8.78 Å². The third kappa shape index (κ3) is 3.55. The lowest BCUT2D eigenvalue weighted by Gasteiger charge is -2.39. The van der Waals surface area contributed by atoms with E-state index in [-0.39, 0.29) is 19.0 Å². The van der Waals surface area contributed by atoms with Gasteiger partial charge in [0, 0.05) is 12.6 Å². The number of ether oxygens (including phenoxy) is 1. The molecule has 0 N–H and O–H groups in total. The van der Waals surface area contributed by atoms with Crippen molar-refractivity contribution in [2.75, 3.05) is 13.1 Å². The molecule has 96 valence electrons. The monoisotopic (exact) mass is 247 g/mol. The van der Waals surface area contributed by atoms with Crippen molar-refractivity contribution >= 4 is 0 Å². The third-order valence-corrected chi connectivity index (χ3v) is 2.57. The lowest BCUT2D eigenvalue weighted by molar-refractivity contribution is -0.370. The molecule has 0 aromatic heterocycles. The lowest BCUT2D eigenvalue weighted by Crippen LogP contribution is -2.55. The maximum absolute atomic E-state index is 13.3. The first kappa shape index (κ1) is 13.6. The second kappa shape index (κ2) is 4.44. The van der Waals surface area contributed by atoms with Gasteiger partial charge in [0.1, 0.15) is 6.10 Å². The van der Waals surface area contributed by atoms with Crippen molar-refractivity contribution in [2.45, 2.75) is 44.7 Å². The molecule has 1 aliphatic rings. The maximum Gasteiger partial charge on any atom is 0.522 e. The summed E-state index contributed by atoms with van der Waals surface area (Å²) in [4.78, 5) is 1.44. The second-order valence-corrected chi connectivity index (χ2v) is 4.17. The molecule has 2 nitrogen and oxygen atoms in total. The Morgan fingerprint density at radius 3 is 2.25 bits per heavy atom. The molecule has 0 radical (unpaired) electrons. The zero-order valence-corrected chi connectivity index (χ0v) is 9.02. The lowest BCUT2D eigenvalue weighted by atomic mass is 10.0. The van der Waals surface area contributed by atoms with Gasteiger partial charge in [-0.1, -0.05) is 0 Å². The number of rotatable bonds is 2. The third-order valence-electron chi connectivity index (χ3n) is 2.57. The van der Waals surface area contributed by atoms with Crippen molar-refractivity contribution in [3.05, 3.63) is 0 Å². The first-order valence-corrected chi connectivity index (χ1v) is 4.98. The van der Waals surface area contributed by atoms with Gasteiger partial charge in [-0.2, -0.15) is 0 Å². The molecule has 1 saturated heterocycles. The summed E-state index contributed by atoms with van der Waals surface area (Å²) in [5, 5.41) is 0. The average molecular weight is 247 g/mol. The van der Waals surface area contributed by atoms with Crippen LogP contribution < -0.4 is 0 Å². The van der Waals surface area contributed by atoms with Crippen molar-refractivity contribution in [1.82, 2.24) is 4.90 Å². The van der Waals surface area contributed by atoms with Crippen molar-refractivity contribution in [3.63, 3.8) is 0 Å². The predicted molar refractivity (Wildman–Crippen MR) is 47.2 cm³/mol. The van der Waals surface area contributed by atoms with Gasteiger partial charge in [-0.05, 0) is 20.3 Å². The van der Waals surface area contributed by atoms with E-state index >= 15 is 0 Å². The fourth-order valence-corrected chi connectivity index (χ4v) is 1.69. The van der Waals surface area contributed by atoms with Crippen LogP contribution in [0.15, 0.2) is 0 Å². The zero-order valence-electron chi connectivity index (χ0n) is 9.02. The molecule has 0 bridgehead atoms. The summed E-state index contributed by atoms with van der Waals surface area (Å²) in [6, 6.07) is -0.113. The molecule has 0 aromatic rings. The number of piperidine rings is 1. The van der Waals surface area contributed by atoms with Crippen LogP contribution in [0.3, 0.4) is 0 Å². The van der Waals surface area contributed by atoms with Gasteiger partial charge in [-0.3, -0.25) is 9.64 Å². The standard InChI is InChI=1S/C9H14F5NO/c1-6(2)15-4-3-7(8(10,11)5-15)16-9(12,13)14/h6-7H,3-5H2,1-2H3/t7-/m0/s1. The minimum atomic E-state index is -5.01. The highest BCUT2D eigenvalue weighted by Crippen LogP contribution is 2.34. The number of likely N-dealkylation sites (tertiary alicyclic amines) is 1. The van der Waals surface area contributed by atoms with Crippen LogP contribution in [0.5, 0.6) is 0 Å². The molecule has 0 amide bonds. The van der Waals surface area contributed by atoms with E-state index in [1.165, 1.54) is 4.90 Å². The molecule has 1 rings (SSSR count). The van der Waals surface area contributed by atoms with Crippen LogP contribution in [0.25, 0.3) is 0 Å². The highest BCUT2D eigenvalue weighted by molar-refractivity contribution is 4.89. The first-order chi connectivity index (χ1) is 7.12. The van der Waals surface area contributed by atoms with Crippen molar-refractivity contribution in [1.29, 1.82) is 0 Å². The Bertz CT molecular complexity index is 241. The van der Waals surface area contributed by atoms with E-state index in [1.807, 2.05) is 0 Å². The maximum atomic E-state index is 13.3. The van der Waals surface area contributed by atoms with Crippen LogP contribution in [0.4, 0.5) is 22.0 Å². The van der Waals surface area contributed by atoms with Gasteiger partial charge in [0.05, 0.1) is 6.54 Å². The van der Waals surface area contributed by atoms with Crippen LogP contribution in [0.2, 0.25) is 0 Å². The Labute approximate surface area is 90.4 Å². The fourth-order valence-electron chi connectivity index (χ4n) is 1.69. The van der Waals surface area contributed by atoms with E-state index in [4.69, 9.17) is 0 Å². The Hall–Kier alpha value is -0.430. The largest absolute Gasteiger partial charge is 0.522 e. The Kier molecular flexibility index (Phi) is 3.79. The fraction of sp³-hybridized carbons (Fsp3) is 1.00. The molecule has 1 heterocycles. The summed E-state index contributed by atoms with van der Waals surface area (Å²) in [5.74, 6) is -3.46. The number of hydrogen-bond acceptors (Lipinski definition) is 2. The van der Waals surface area contributed by atoms with Gasteiger partial charge >= 0.3 is 6.36 Å². The van der Waals surface area contributed by atoms with E-state index < -0.39 is 24.9 Å². The molecular weight excluding hydrogens is 233 g/mol. The molecule has 0 saturated carbocycles. The van der Waals surface area contributed by atoms with Gasteiger partial charge < -0.3 is 0 Å². The molecule has 0 spiro atoms. The topological polar surface area (TPSA) is 12.5 Å². The number of halogens is 5. The van der Waals surface area contributed by atoms with E-state index in [2.05, 4.69) is 4.74 Å². The smallest absolute Gasteiger partial charge is 0.295 e. The molecule has 1 atom stereocenters. The van der Waals surface area contributed by atoms with Crippen LogP contribution in [0, 0.1) is 0 Å². The number of hydrogen-bond donors (Lipinski definition) is 0. The summed E-state index contributed by atoms with van der Waals surface area (Å²) >= 11 is 0. The molecule has 0 unspecified atom stereocenters. The second-order valence-electron chi connectivity index (χ2n) is 4.17. The molecule has 1 fully saturated rings. The Morgan fingerprint density at radius 1 is 1.31 bits per heavy atom. The van der Waals surface area contributed by atoms with Crippen LogP contribution in [0.1, 0.15) is 20.3 Å². The molecule has 16 heavy (non-hydrogen) atoms. The molecule has 7 heteroatoms. The minimum absolute atomic E-state index is 0.113. The van der Waals surface area contributed by atoms with E-state index in [9.17, 15) is 22.0 Å². The Balaban J connectivity index is 2.64. The quantitative estimate of drug-likeness (QED) is 0.695. The van der Waals surface area contributed by atoms with Crippen molar-refractivity contribution in [2.24, 2.45) is 0 Å². The SMILES string of the molecule is CC(C)N1CC[C@H](OC(F)(F)F)C(F)(F)C1. The first-order valence-electron chi connectivity index (χ1n) is 4.98. The van der Waals surface area contributed by atoms with Crippen LogP contribution >= 0.6 is 0 Å². The highest BCUT2D eigenvalue weighted by Gasteiger charge is 2.50. The van der Waals surface area contributed by atoms with Crippen molar-refractivity contribution < 1.29 is 26.7 Å². The molecule has 1 aliphatic heterocycles. The normalized spacial score (nSPS) is 27.4. The minimum Gasteiger partial charge on any atom is -0.295 e. The van der Waals surface area contributed by atoms with Gasteiger partial charge in [-0.15, -0.1) is 13.2 Å². The molecule has 0 aliphatic carbocycles. The van der Waals surface area contributed by atoms with E-state index in [0.29, 0.717) is 0 Å². The predicted octanol–water partition coefficient (Wildman–Crippen LogP) is 2.64. The number of nitrogens with zero attached hydrogens (tertiary/aromatic N) is 1.